The number of ether oxygens (including phenoxy) is 1. The number of hydrogen-bond acceptors (Lipinski definition) is 7. The van der Waals surface area contributed by atoms with Gasteiger partial charge in [-0.1, -0.05) is 0 Å². The Balaban J connectivity index is 1.65. The number of imidazole rings is 1. The minimum absolute atomic E-state index is 0.138. The summed E-state index contributed by atoms with van der Waals surface area (Å²) >= 11 is 4.61. The van der Waals surface area contributed by atoms with Crippen LogP contribution in [0.1, 0.15) is 6.42 Å². The van der Waals surface area contributed by atoms with Gasteiger partial charge in [0.2, 0.25) is 0 Å². The van der Waals surface area contributed by atoms with E-state index < -0.39 is 23.7 Å². The highest BCUT2D eigenvalue weighted by Gasteiger charge is 2.38. The van der Waals surface area contributed by atoms with Crippen LogP contribution in [-0.2, 0) is 38.4 Å². The second-order valence-corrected chi connectivity index (χ2v) is 7.21. The fraction of sp³-hybridized carbons (Fsp3) is 0.429. The Morgan fingerprint density at radius 1 is 1.59 bits per heavy atom. The molecule has 0 amide bonds. The molecule has 0 aliphatic carbocycles. The van der Waals surface area contributed by atoms with Crippen LogP contribution in [0.25, 0.3) is 0 Å². The maximum Gasteiger partial charge on any atom is 0.419 e. The highest BCUT2D eigenvalue weighted by atomic mass is 32.8. The summed E-state index contributed by atoms with van der Waals surface area (Å²) < 4.78 is 27.3. The second-order valence-electron chi connectivity index (χ2n) is 3.13. The molecule has 0 saturated carbocycles. The lowest BCUT2D eigenvalue weighted by atomic mass is 10.5. The van der Waals surface area contributed by atoms with Crippen LogP contribution < -0.4 is 0 Å². The average molecular weight is 296 g/mol. The van der Waals surface area contributed by atoms with Gasteiger partial charge in [-0.15, -0.1) is 0 Å². The van der Waals surface area contributed by atoms with Crippen molar-refractivity contribution in [3.05, 3.63) is 18.7 Å². The van der Waals surface area contributed by atoms with E-state index in [1.165, 1.54) is 23.3 Å². The third kappa shape index (κ3) is 3.43. The Morgan fingerprint density at radius 3 is 2.94 bits per heavy atom. The molecule has 1 fully saturated rings. The lowest BCUT2D eigenvalue weighted by Gasteiger charge is -2.25. The zero-order valence-corrected chi connectivity index (χ0v) is 11.1. The fourth-order valence-electron chi connectivity index (χ4n) is 1.12. The molecule has 1 aliphatic heterocycles. The monoisotopic (exact) mass is 296 g/mol. The van der Waals surface area contributed by atoms with Gasteiger partial charge in [-0.3, -0.25) is 4.57 Å². The number of nitrogens with zero attached hydrogens (tertiary/aromatic N) is 2. The summed E-state index contributed by atoms with van der Waals surface area (Å²) in [6.07, 6.45) is 4.35. The predicted octanol–water partition coefficient (Wildman–Crippen LogP) is 1.41. The van der Waals surface area contributed by atoms with Crippen LogP contribution in [0.3, 0.4) is 0 Å². The van der Waals surface area contributed by atoms with Crippen LogP contribution in [0.15, 0.2) is 18.7 Å². The summed E-state index contributed by atoms with van der Waals surface area (Å²) in [5.74, 6) is 0. The van der Waals surface area contributed by atoms with Gasteiger partial charge in [0.1, 0.15) is 6.33 Å². The van der Waals surface area contributed by atoms with Crippen molar-refractivity contribution in [2.24, 2.45) is 0 Å². The van der Waals surface area contributed by atoms with Crippen LogP contribution >= 0.6 is 7.60 Å². The van der Waals surface area contributed by atoms with Crippen molar-refractivity contribution in [1.82, 2.24) is 9.55 Å². The number of aromatic nitrogens is 2. The first kappa shape index (κ1) is 12.8. The lowest BCUT2D eigenvalue weighted by Crippen LogP contribution is -2.16. The van der Waals surface area contributed by atoms with Crippen molar-refractivity contribution < 1.29 is 22.0 Å². The van der Waals surface area contributed by atoms with Gasteiger partial charge in [-0.25, -0.2) is 22.3 Å². The van der Waals surface area contributed by atoms with Gasteiger partial charge < -0.3 is 4.74 Å². The largest absolute Gasteiger partial charge is 0.449 e. The first-order valence-corrected chi connectivity index (χ1v) is 8.38. The summed E-state index contributed by atoms with van der Waals surface area (Å²) in [7, 11) is -4.02. The number of hydrogen-bond donors (Lipinski definition) is 0. The van der Waals surface area contributed by atoms with Crippen LogP contribution in [0, 0.1) is 0 Å². The van der Waals surface area contributed by atoms with Crippen LogP contribution in [0.4, 0.5) is 4.79 Å². The zero-order valence-electron chi connectivity index (χ0n) is 8.55. The van der Waals surface area contributed by atoms with E-state index in [0.29, 0.717) is 6.42 Å². The summed E-state index contributed by atoms with van der Waals surface area (Å²) in [6, 6.07) is 0. The molecular formula is C7H9N2O5PS2. The minimum Gasteiger partial charge on any atom is -0.449 e. The third-order valence-electron chi connectivity index (χ3n) is 1.87. The maximum absolute atomic E-state index is 11.5. The molecule has 1 saturated heterocycles. The molecule has 1 aromatic heterocycles. The topological polar surface area (TPSA) is 79.7 Å². The number of carbonyl (C=O) groups is 1. The molecule has 0 atom stereocenters. The molecule has 10 heteroatoms. The Bertz CT molecular complexity index is 465. The summed E-state index contributed by atoms with van der Waals surface area (Å²) in [6.45, 7) is 0.138. The maximum atomic E-state index is 11.5. The van der Waals surface area contributed by atoms with Gasteiger partial charge in [-0.2, -0.15) is 0 Å². The van der Waals surface area contributed by atoms with E-state index in [1.807, 2.05) is 0 Å². The predicted molar refractivity (Wildman–Crippen MR) is 63.0 cm³/mol. The molecule has 0 radical (unpaired) electrons. The molecular weight excluding hydrogens is 287 g/mol. The van der Waals surface area contributed by atoms with Gasteiger partial charge in [0.15, 0.2) is 10.0 Å². The zero-order chi connectivity index (χ0) is 12.3. The van der Waals surface area contributed by atoms with Gasteiger partial charge in [0.25, 0.3) is 0 Å². The van der Waals surface area contributed by atoms with E-state index in [0.717, 1.165) is 0 Å². The quantitative estimate of drug-likeness (QED) is 0.614. The number of carbonyl (C=O) groups excluding carboxylic acids is 1. The molecule has 0 aromatic carbocycles. The van der Waals surface area contributed by atoms with E-state index in [9.17, 15) is 9.36 Å². The standard InChI is InChI=1S/C7H9N2O5PS2/c10-7(9-3-2-8-6-9)12-4-1-5-15(11)13-17(16)14-15/h2-3,6H,1,4-5H2. The first-order valence-electron chi connectivity index (χ1n) is 4.65. The van der Waals surface area contributed by atoms with Gasteiger partial charge in [-0.05, 0) is 6.42 Å². The van der Waals surface area contributed by atoms with E-state index in [2.05, 4.69) is 16.2 Å². The van der Waals surface area contributed by atoms with Gasteiger partial charge >= 0.3 is 13.7 Å². The van der Waals surface area contributed by atoms with Crippen LogP contribution in [0.2, 0.25) is 0 Å². The Labute approximate surface area is 105 Å². The van der Waals surface area contributed by atoms with E-state index >= 15 is 0 Å². The van der Waals surface area contributed by atoms with Gasteiger partial charge in [0.05, 0.1) is 12.8 Å². The summed E-state index contributed by atoms with van der Waals surface area (Å²) in [4.78, 5) is 15.0. The van der Waals surface area contributed by atoms with Crippen molar-refractivity contribution in [3.8, 4) is 0 Å². The van der Waals surface area contributed by atoms with Crippen molar-refractivity contribution >= 4 is 34.9 Å². The third-order valence-corrected chi connectivity index (χ3v) is 6.62. The van der Waals surface area contributed by atoms with E-state index in [4.69, 9.17) is 12.7 Å². The molecule has 0 unspecified atom stereocenters. The average Bonchev–Trinajstić information content (AvgIpc) is 2.75. The molecule has 7 nitrogen and oxygen atoms in total. The summed E-state index contributed by atoms with van der Waals surface area (Å²) in [5, 5.41) is 0. The Morgan fingerprint density at radius 2 is 2.35 bits per heavy atom. The molecule has 2 rings (SSSR count). The molecule has 17 heavy (non-hydrogen) atoms. The molecule has 0 N–H and O–H groups in total. The molecule has 2 heterocycles. The normalized spacial score (nSPS) is 27.4. The fourth-order valence-corrected chi connectivity index (χ4v) is 5.43. The van der Waals surface area contributed by atoms with E-state index in [-0.39, 0.29) is 12.8 Å². The smallest absolute Gasteiger partial charge is 0.419 e. The summed E-state index contributed by atoms with van der Waals surface area (Å²) in [5.41, 5.74) is 0. The van der Waals surface area contributed by atoms with Crippen molar-refractivity contribution in [2.75, 3.05) is 12.8 Å². The molecule has 1 aliphatic rings. The molecule has 0 spiro atoms. The second kappa shape index (κ2) is 5.36. The Hall–Kier alpha value is -0.600. The highest BCUT2D eigenvalue weighted by molar-refractivity contribution is 8.28. The minimum atomic E-state index is -2.97. The molecule has 1 aromatic rings. The highest BCUT2D eigenvalue weighted by Crippen LogP contribution is 2.59. The van der Waals surface area contributed by atoms with Crippen molar-refractivity contribution in [1.29, 1.82) is 0 Å². The molecule has 0 bridgehead atoms. The lowest BCUT2D eigenvalue weighted by molar-refractivity contribution is 0.147. The van der Waals surface area contributed by atoms with Crippen molar-refractivity contribution in [2.45, 2.75) is 6.42 Å². The van der Waals surface area contributed by atoms with Crippen molar-refractivity contribution in [3.63, 3.8) is 0 Å². The Kier molecular flexibility index (Phi) is 4.05. The van der Waals surface area contributed by atoms with Crippen LogP contribution in [-0.4, -0.2) is 28.4 Å². The SMILES string of the molecule is O=C(OCCCP1(=O)OS(=S)O1)n1ccnc1. The number of rotatable bonds is 4. The van der Waals surface area contributed by atoms with Crippen LogP contribution in [0.5, 0.6) is 0 Å². The van der Waals surface area contributed by atoms with Gasteiger partial charge in [0, 0.05) is 23.6 Å². The first-order chi connectivity index (χ1) is 8.09. The molecule has 94 valence electrons. The van der Waals surface area contributed by atoms with E-state index in [1.54, 1.807) is 0 Å².